The predicted molar refractivity (Wildman–Crippen MR) is 97.7 cm³/mol. The molecule has 124 valence electrons. The predicted octanol–water partition coefficient (Wildman–Crippen LogP) is 4.14. The zero-order valence-corrected chi connectivity index (χ0v) is 14.8. The molecule has 0 amide bonds. The fourth-order valence-corrected chi connectivity index (χ4v) is 5.57. The topological polar surface area (TPSA) is 50.3 Å². The van der Waals surface area contributed by atoms with E-state index < -0.39 is 10.0 Å². The van der Waals surface area contributed by atoms with Crippen molar-refractivity contribution in [3.8, 4) is 10.6 Å². The maximum absolute atomic E-state index is 12.9. The number of aromatic nitrogens is 1. The highest BCUT2D eigenvalue weighted by molar-refractivity contribution is 7.89. The van der Waals surface area contributed by atoms with Gasteiger partial charge >= 0.3 is 0 Å². The minimum atomic E-state index is -3.41. The van der Waals surface area contributed by atoms with E-state index in [2.05, 4.69) is 4.98 Å². The molecule has 2 heterocycles. The van der Waals surface area contributed by atoms with Gasteiger partial charge in [-0.15, -0.1) is 11.3 Å². The van der Waals surface area contributed by atoms with Crippen LogP contribution in [-0.4, -0.2) is 30.8 Å². The second-order valence-corrected chi connectivity index (χ2v) is 8.95. The molecule has 3 aromatic rings. The third-order valence-electron chi connectivity index (χ3n) is 4.33. The molecule has 0 unspecified atom stereocenters. The van der Waals surface area contributed by atoms with Crippen molar-refractivity contribution in [1.29, 1.82) is 0 Å². The number of piperidine rings is 1. The van der Waals surface area contributed by atoms with Gasteiger partial charge in [-0.1, -0.05) is 30.7 Å². The summed E-state index contributed by atoms with van der Waals surface area (Å²) in [5.41, 5.74) is 1.80. The van der Waals surface area contributed by atoms with Crippen molar-refractivity contribution in [2.45, 2.75) is 24.2 Å². The lowest BCUT2D eigenvalue weighted by molar-refractivity contribution is 0.346. The quantitative estimate of drug-likeness (QED) is 0.707. The third-order valence-corrected chi connectivity index (χ3v) is 7.31. The number of rotatable bonds is 3. The summed E-state index contributed by atoms with van der Waals surface area (Å²) in [7, 11) is -3.41. The standard InChI is InChI=1S/C18H18N2O2S2/c21-24(22,20-11-4-1-5-12-20)15-8-6-7-14(13-15)18-19-16-9-2-3-10-17(16)23-18/h2-3,6-10,13H,1,4-5,11-12H2. The number of hydrogen-bond donors (Lipinski definition) is 0. The normalized spacial score (nSPS) is 16.5. The van der Waals surface area contributed by atoms with Crippen molar-refractivity contribution in [3.63, 3.8) is 0 Å². The Morgan fingerprint density at radius 1 is 0.958 bits per heavy atom. The van der Waals surface area contributed by atoms with Crippen LogP contribution in [0.15, 0.2) is 53.4 Å². The number of sulfonamides is 1. The van der Waals surface area contributed by atoms with Crippen LogP contribution in [0.2, 0.25) is 0 Å². The van der Waals surface area contributed by atoms with Crippen LogP contribution in [0, 0.1) is 0 Å². The Hall–Kier alpha value is -1.76. The zero-order valence-electron chi connectivity index (χ0n) is 13.2. The summed E-state index contributed by atoms with van der Waals surface area (Å²) in [6.07, 6.45) is 2.99. The van der Waals surface area contributed by atoms with E-state index in [-0.39, 0.29) is 0 Å². The summed E-state index contributed by atoms with van der Waals surface area (Å²) >= 11 is 1.59. The van der Waals surface area contributed by atoms with Crippen LogP contribution in [0.3, 0.4) is 0 Å². The first-order valence-corrected chi connectivity index (χ1v) is 10.4. The number of para-hydroxylation sites is 1. The minimum absolute atomic E-state index is 0.362. The van der Waals surface area contributed by atoms with Crippen molar-refractivity contribution < 1.29 is 8.42 Å². The highest BCUT2D eigenvalue weighted by Gasteiger charge is 2.26. The first-order valence-electron chi connectivity index (χ1n) is 8.11. The summed E-state index contributed by atoms with van der Waals surface area (Å²) in [6, 6.07) is 15.1. The van der Waals surface area contributed by atoms with Gasteiger partial charge < -0.3 is 0 Å². The van der Waals surface area contributed by atoms with Gasteiger partial charge in [-0.3, -0.25) is 0 Å². The summed E-state index contributed by atoms with van der Waals surface area (Å²) in [5, 5.41) is 0.854. The molecule has 1 aliphatic heterocycles. The number of hydrogen-bond acceptors (Lipinski definition) is 4. The Kier molecular flexibility index (Phi) is 4.12. The molecule has 2 aromatic carbocycles. The van der Waals surface area contributed by atoms with E-state index in [1.807, 2.05) is 30.3 Å². The lowest BCUT2D eigenvalue weighted by atomic mass is 10.2. The lowest BCUT2D eigenvalue weighted by Gasteiger charge is -2.25. The monoisotopic (exact) mass is 358 g/mol. The zero-order chi connectivity index (χ0) is 16.6. The molecular weight excluding hydrogens is 340 g/mol. The molecule has 1 saturated heterocycles. The van der Waals surface area contributed by atoms with Gasteiger partial charge in [0.2, 0.25) is 10.0 Å². The van der Waals surface area contributed by atoms with Crippen LogP contribution in [0.1, 0.15) is 19.3 Å². The Morgan fingerprint density at radius 3 is 2.54 bits per heavy atom. The summed E-state index contributed by atoms with van der Waals surface area (Å²) in [4.78, 5) is 4.99. The fourth-order valence-electron chi connectivity index (χ4n) is 3.04. The molecule has 0 radical (unpaired) electrons. The van der Waals surface area contributed by atoms with Crippen molar-refractivity contribution in [1.82, 2.24) is 9.29 Å². The molecule has 1 aromatic heterocycles. The summed E-state index contributed by atoms with van der Waals surface area (Å²) in [6.45, 7) is 1.24. The van der Waals surface area contributed by atoms with Crippen molar-refractivity contribution in [2.75, 3.05) is 13.1 Å². The van der Waals surface area contributed by atoms with Crippen LogP contribution < -0.4 is 0 Å². The molecule has 0 saturated carbocycles. The largest absolute Gasteiger partial charge is 0.243 e. The third kappa shape index (κ3) is 2.85. The molecule has 1 fully saturated rings. The van der Waals surface area contributed by atoms with Gasteiger partial charge in [-0.05, 0) is 37.1 Å². The lowest BCUT2D eigenvalue weighted by Crippen LogP contribution is -2.35. The van der Waals surface area contributed by atoms with Crippen LogP contribution >= 0.6 is 11.3 Å². The van der Waals surface area contributed by atoms with E-state index in [4.69, 9.17) is 0 Å². The molecule has 1 aliphatic rings. The number of fused-ring (bicyclic) bond motifs is 1. The average Bonchev–Trinajstić information content (AvgIpc) is 3.07. The van der Waals surface area contributed by atoms with Crippen LogP contribution in [0.5, 0.6) is 0 Å². The van der Waals surface area contributed by atoms with Crippen LogP contribution in [0.25, 0.3) is 20.8 Å². The molecule has 0 aliphatic carbocycles. The van der Waals surface area contributed by atoms with Crippen LogP contribution in [0.4, 0.5) is 0 Å². The molecule has 4 nitrogen and oxygen atoms in total. The SMILES string of the molecule is O=S(=O)(c1cccc(-c2nc3ccccc3s2)c1)N1CCCCC1. The second kappa shape index (κ2) is 6.27. The average molecular weight is 358 g/mol. The van der Waals surface area contributed by atoms with Gasteiger partial charge in [0, 0.05) is 18.7 Å². The van der Waals surface area contributed by atoms with E-state index in [1.54, 1.807) is 33.8 Å². The van der Waals surface area contributed by atoms with Gasteiger partial charge in [0.05, 0.1) is 15.1 Å². The number of nitrogens with zero attached hydrogens (tertiary/aromatic N) is 2. The van der Waals surface area contributed by atoms with Gasteiger partial charge in [0.1, 0.15) is 5.01 Å². The van der Waals surface area contributed by atoms with E-state index in [0.717, 1.165) is 40.1 Å². The maximum Gasteiger partial charge on any atom is 0.243 e. The Balaban J connectivity index is 1.73. The minimum Gasteiger partial charge on any atom is -0.236 e. The van der Waals surface area contributed by atoms with Crippen molar-refractivity contribution in [2.24, 2.45) is 0 Å². The first-order chi connectivity index (χ1) is 11.6. The molecule has 4 rings (SSSR count). The number of thiazole rings is 1. The molecule has 0 bridgehead atoms. The first kappa shape index (κ1) is 15.7. The molecule has 0 spiro atoms. The Bertz CT molecular complexity index is 940. The molecule has 6 heteroatoms. The van der Waals surface area contributed by atoms with Gasteiger partial charge in [0.25, 0.3) is 0 Å². The van der Waals surface area contributed by atoms with Gasteiger partial charge in [-0.25, -0.2) is 13.4 Å². The highest BCUT2D eigenvalue weighted by atomic mass is 32.2. The molecule has 0 atom stereocenters. The Morgan fingerprint density at radius 2 is 1.75 bits per heavy atom. The smallest absolute Gasteiger partial charge is 0.236 e. The van der Waals surface area contributed by atoms with Gasteiger partial charge in [0.15, 0.2) is 0 Å². The molecular formula is C18H18N2O2S2. The van der Waals surface area contributed by atoms with E-state index in [9.17, 15) is 8.42 Å². The fraction of sp³-hybridized carbons (Fsp3) is 0.278. The maximum atomic E-state index is 12.9. The Labute approximate surface area is 145 Å². The van der Waals surface area contributed by atoms with E-state index in [1.165, 1.54) is 0 Å². The summed E-state index contributed by atoms with van der Waals surface area (Å²) in [5.74, 6) is 0. The van der Waals surface area contributed by atoms with E-state index in [0.29, 0.717) is 18.0 Å². The number of benzene rings is 2. The summed E-state index contributed by atoms with van der Waals surface area (Å²) < 4.78 is 28.4. The van der Waals surface area contributed by atoms with Gasteiger partial charge in [-0.2, -0.15) is 4.31 Å². The van der Waals surface area contributed by atoms with Crippen molar-refractivity contribution >= 4 is 31.6 Å². The highest BCUT2D eigenvalue weighted by Crippen LogP contribution is 2.31. The second-order valence-electron chi connectivity index (χ2n) is 5.98. The molecule has 0 N–H and O–H groups in total. The van der Waals surface area contributed by atoms with Crippen LogP contribution in [-0.2, 0) is 10.0 Å². The molecule has 24 heavy (non-hydrogen) atoms. The van der Waals surface area contributed by atoms with Crippen molar-refractivity contribution in [3.05, 3.63) is 48.5 Å². The van der Waals surface area contributed by atoms with E-state index >= 15 is 0 Å².